The third-order valence-electron chi connectivity index (χ3n) is 3.79. The highest BCUT2D eigenvalue weighted by Crippen LogP contribution is 2.31. The van der Waals surface area contributed by atoms with E-state index >= 15 is 0 Å². The molecule has 2 aromatic carbocycles. The third-order valence-corrected chi connectivity index (χ3v) is 5.42. The van der Waals surface area contributed by atoms with Gasteiger partial charge in [-0.1, -0.05) is 58.0 Å². The van der Waals surface area contributed by atoms with Gasteiger partial charge in [-0.05, 0) is 25.1 Å². The highest BCUT2D eigenvalue weighted by molar-refractivity contribution is 9.10. The van der Waals surface area contributed by atoms with Crippen LogP contribution in [0.2, 0.25) is 0 Å². The third kappa shape index (κ3) is 4.64. The number of hydrogen-bond acceptors (Lipinski definition) is 5. The second kappa shape index (κ2) is 8.49. The predicted molar refractivity (Wildman–Crippen MR) is 111 cm³/mol. The first kappa shape index (κ1) is 19.3. The Morgan fingerprint density at radius 3 is 2.48 bits per heavy atom. The van der Waals surface area contributed by atoms with Crippen molar-refractivity contribution in [3.63, 3.8) is 0 Å². The van der Waals surface area contributed by atoms with Crippen molar-refractivity contribution in [1.29, 1.82) is 0 Å². The largest absolute Gasteiger partial charge is 0.341 e. The normalized spacial score (nSPS) is 11.8. The lowest BCUT2D eigenvalue weighted by Gasteiger charge is -2.13. The Morgan fingerprint density at radius 1 is 1.07 bits per heavy atom. The number of benzene rings is 2. The Bertz CT molecular complexity index is 995. The van der Waals surface area contributed by atoms with Gasteiger partial charge >= 0.3 is 6.03 Å². The Labute approximate surface area is 169 Å². The monoisotopic (exact) mass is 444 g/mol. The summed E-state index contributed by atoms with van der Waals surface area (Å²) in [6.45, 7) is 1.74. The number of para-hydroxylation sites is 1. The van der Waals surface area contributed by atoms with E-state index in [1.807, 2.05) is 48.5 Å². The Kier molecular flexibility index (Phi) is 6.08. The van der Waals surface area contributed by atoms with Crippen LogP contribution in [0.1, 0.15) is 6.92 Å². The predicted octanol–water partition coefficient (Wildman–Crippen LogP) is 4.00. The van der Waals surface area contributed by atoms with Crippen molar-refractivity contribution < 1.29 is 9.59 Å². The minimum absolute atomic E-state index is 0.382. The summed E-state index contributed by atoms with van der Waals surface area (Å²) in [6, 6.07) is 14.9. The number of amides is 3. The van der Waals surface area contributed by atoms with Crippen molar-refractivity contribution in [3.8, 4) is 11.4 Å². The number of halogens is 1. The van der Waals surface area contributed by atoms with Gasteiger partial charge in [0.1, 0.15) is 5.03 Å². The zero-order chi connectivity index (χ0) is 19.4. The van der Waals surface area contributed by atoms with Crippen LogP contribution >= 0.6 is 27.7 Å². The maximum absolute atomic E-state index is 12.2. The molecule has 3 amide bonds. The number of carbonyl (C=O) groups excluding carboxylic acids is 2. The first-order chi connectivity index (χ1) is 13.0. The molecular formula is C19H17BrN4O2S. The number of imide groups is 1. The van der Waals surface area contributed by atoms with E-state index in [1.54, 1.807) is 6.92 Å². The number of aromatic nitrogens is 2. The van der Waals surface area contributed by atoms with Crippen LogP contribution in [0.25, 0.3) is 22.3 Å². The second-order valence-electron chi connectivity index (χ2n) is 5.70. The fraction of sp³-hybridized carbons (Fsp3) is 0.158. The molecule has 0 fully saturated rings. The van der Waals surface area contributed by atoms with Gasteiger partial charge in [0.2, 0.25) is 5.91 Å². The van der Waals surface area contributed by atoms with Crippen LogP contribution in [0.15, 0.2) is 58.0 Å². The first-order valence-corrected chi connectivity index (χ1v) is 9.87. The van der Waals surface area contributed by atoms with Crippen molar-refractivity contribution >= 4 is 50.5 Å². The summed E-state index contributed by atoms with van der Waals surface area (Å²) in [5.74, 6) is 0.204. The van der Waals surface area contributed by atoms with Crippen LogP contribution in [0.5, 0.6) is 0 Å². The van der Waals surface area contributed by atoms with E-state index in [4.69, 9.17) is 0 Å². The van der Waals surface area contributed by atoms with E-state index in [0.717, 1.165) is 20.9 Å². The summed E-state index contributed by atoms with van der Waals surface area (Å²) >= 11 is 4.72. The van der Waals surface area contributed by atoms with E-state index < -0.39 is 11.3 Å². The van der Waals surface area contributed by atoms with E-state index in [9.17, 15) is 9.59 Å². The van der Waals surface area contributed by atoms with Crippen molar-refractivity contribution in [2.24, 2.45) is 0 Å². The SMILES string of the molecule is CNC(=O)NC(=O)[C@@H](C)Sc1nc(-c2ccc(Br)cc2)nc2ccccc12. The highest BCUT2D eigenvalue weighted by atomic mass is 79.9. The molecule has 0 spiro atoms. The van der Waals surface area contributed by atoms with Crippen LogP contribution in [0.3, 0.4) is 0 Å². The number of fused-ring (bicyclic) bond motifs is 1. The smallest absolute Gasteiger partial charge is 0.321 e. The summed E-state index contributed by atoms with van der Waals surface area (Å²) in [5.41, 5.74) is 1.68. The Balaban J connectivity index is 1.97. The van der Waals surface area contributed by atoms with E-state index in [0.29, 0.717) is 10.9 Å². The molecule has 3 rings (SSSR count). The van der Waals surface area contributed by atoms with Gasteiger partial charge in [0.05, 0.1) is 10.8 Å². The zero-order valence-electron chi connectivity index (χ0n) is 14.7. The molecule has 138 valence electrons. The van der Waals surface area contributed by atoms with Crippen LogP contribution in [-0.2, 0) is 4.79 Å². The van der Waals surface area contributed by atoms with Crippen molar-refractivity contribution in [2.75, 3.05) is 7.05 Å². The van der Waals surface area contributed by atoms with Crippen LogP contribution in [0.4, 0.5) is 4.79 Å². The minimum atomic E-state index is -0.532. The molecule has 0 unspecified atom stereocenters. The molecule has 1 atom stereocenters. The maximum atomic E-state index is 12.2. The van der Waals surface area contributed by atoms with E-state index in [1.165, 1.54) is 18.8 Å². The molecular weight excluding hydrogens is 428 g/mol. The van der Waals surface area contributed by atoms with Gasteiger partial charge in [-0.25, -0.2) is 14.8 Å². The molecule has 2 N–H and O–H groups in total. The quantitative estimate of drug-likeness (QED) is 0.469. The number of urea groups is 1. The van der Waals surface area contributed by atoms with E-state index in [2.05, 4.69) is 36.5 Å². The summed E-state index contributed by atoms with van der Waals surface area (Å²) in [6.07, 6.45) is 0. The molecule has 3 aromatic rings. The lowest BCUT2D eigenvalue weighted by atomic mass is 10.2. The van der Waals surface area contributed by atoms with Gasteiger partial charge in [0, 0.05) is 22.5 Å². The number of nitrogens with one attached hydrogen (secondary N) is 2. The van der Waals surface area contributed by atoms with Crippen LogP contribution < -0.4 is 10.6 Å². The number of thioether (sulfide) groups is 1. The van der Waals surface area contributed by atoms with Crippen molar-refractivity contribution in [1.82, 2.24) is 20.6 Å². The van der Waals surface area contributed by atoms with Gasteiger partial charge in [0.25, 0.3) is 0 Å². The fourth-order valence-electron chi connectivity index (χ4n) is 2.36. The van der Waals surface area contributed by atoms with Crippen molar-refractivity contribution in [2.45, 2.75) is 17.2 Å². The zero-order valence-corrected chi connectivity index (χ0v) is 17.1. The lowest BCUT2D eigenvalue weighted by molar-refractivity contribution is -0.119. The van der Waals surface area contributed by atoms with Crippen molar-refractivity contribution in [3.05, 3.63) is 53.0 Å². The molecule has 27 heavy (non-hydrogen) atoms. The molecule has 0 saturated carbocycles. The van der Waals surface area contributed by atoms with Gasteiger partial charge in [-0.2, -0.15) is 0 Å². The van der Waals surface area contributed by atoms with Gasteiger partial charge in [-0.3, -0.25) is 10.1 Å². The standard InChI is InChI=1S/C19H17BrN4O2S/c1-11(17(25)24-19(26)21-2)27-18-14-5-3-4-6-15(14)22-16(23-18)12-7-9-13(20)10-8-12/h3-11H,1-2H3,(H2,21,24,25,26)/t11-/m1/s1. The molecule has 1 aromatic heterocycles. The molecule has 8 heteroatoms. The maximum Gasteiger partial charge on any atom is 0.321 e. The molecule has 0 radical (unpaired) electrons. The van der Waals surface area contributed by atoms with Gasteiger partial charge in [0.15, 0.2) is 5.82 Å². The molecule has 0 aliphatic rings. The fourth-order valence-corrected chi connectivity index (χ4v) is 3.57. The van der Waals surface area contributed by atoms with E-state index in [-0.39, 0.29) is 5.91 Å². The Morgan fingerprint density at radius 2 is 1.78 bits per heavy atom. The van der Waals surface area contributed by atoms with Gasteiger partial charge in [-0.15, -0.1) is 0 Å². The average Bonchev–Trinajstić information content (AvgIpc) is 2.68. The number of rotatable bonds is 4. The molecule has 0 saturated heterocycles. The van der Waals surface area contributed by atoms with Gasteiger partial charge < -0.3 is 5.32 Å². The molecule has 6 nitrogen and oxygen atoms in total. The summed E-state index contributed by atoms with van der Waals surface area (Å²) in [7, 11) is 1.46. The number of nitrogens with zero attached hydrogens (tertiary/aromatic N) is 2. The number of hydrogen-bond donors (Lipinski definition) is 2. The second-order valence-corrected chi connectivity index (χ2v) is 7.95. The average molecular weight is 445 g/mol. The molecule has 1 heterocycles. The minimum Gasteiger partial charge on any atom is -0.341 e. The molecule has 0 bridgehead atoms. The lowest BCUT2D eigenvalue weighted by Crippen LogP contribution is -2.41. The molecule has 0 aliphatic heterocycles. The first-order valence-electron chi connectivity index (χ1n) is 8.20. The summed E-state index contributed by atoms with van der Waals surface area (Å²) in [5, 5.41) is 5.72. The summed E-state index contributed by atoms with van der Waals surface area (Å²) in [4.78, 5) is 32.9. The Hall–Kier alpha value is -2.45. The number of carbonyl (C=O) groups is 2. The summed E-state index contributed by atoms with van der Waals surface area (Å²) < 4.78 is 0.973. The topological polar surface area (TPSA) is 84.0 Å². The highest BCUT2D eigenvalue weighted by Gasteiger charge is 2.19. The van der Waals surface area contributed by atoms with Crippen LogP contribution in [-0.4, -0.2) is 34.2 Å². The van der Waals surface area contributed by atoms with Crippen LogP contribution in [0, 0.1) is 0 Å². The molecule has 0 aliphatic carbocycles.